The van der Waals surface area contributed by atoms with Crippen LogP contribution in [0.5, 0.6) is 0 Å². The second kappa shape index (κ2) is 8.07. The standard InChI is InChI=1S/C23H23N3O4/c1-14-15(2)26(17-8-4-5-9-17)22(18(14)12-24)25-21(27)13-29-23(28)20-11-16-7-3-6-10-19(16)30-20/h3,6-7,10-11,17H,4-5,8-9,13H2,1-2H3,(H,25,27). The highest BCUT2D eigenvalue weighted by Crippen LogP contribution is 2.37. The van der Waals surface area contributed by atoms with Gasteiger partial charge in [0.2, 0.25) is 5.76 Å². The van der Waals surface area contributed by atoms with Crippen molar-refractivity contribution in [3.8, 4) is 6.07 Å². The zero-order valence-corrected chi connectivity index (χ0v) is 17.0. The molecule has 1 amide bonds. The summed E-state index contributed by atoms with van der Waals surface area (Å²) in [5.74, 6) is -0.667. The molecule has 4 rings (SSSR count). The molecule has 2 aromatic heterocycles. The Labute approximate surface area is 174 Å². The van der Waals surface area contributed by atoms with Gasteiger partial charge in [-0.25, -0.2) is 4.79 Å². The molecule has 2 heterocycles. The SMILES string of the molecule is Cc1c(C#N)c(NC(=O)COC(=O)c2cc3ccccc3o2)n(C2CCCC2)c1C. The molecule has 0 radical (unpaired) electrons. The topological polar surface area (TPSA) is 97.3 Å². The van der Waals surface area contributed by atoms with E-state index < -0.39 is 18.5 Å². The van der Waals surface area contributed by atoms with Crippen LogP contribution in [0.2, 0.25) is 0 Å². The number of carbonyl (C=O) groups is 2. The lowest BCUT2D eigenvalue weighted by molar-refractivity contribution is -0.119. The summed E-state index contributed by atoms with van der Waals surface area (Å²) in [4.78, 5) is 24.8. The third kappa shape index (κ3) is 3.57. The van der Waals surface area contributed by atoms with Gasteiger partial charge in [-0.15, -0.1) is 0 Å². The average molecular weight is 405 g/mol. The third-order valence-electron chi connectivity index (χ3n) is 5.78. The van der Waals surface area contributed by atoms with Crippen molar-refractivity contribution >= 4 is 28.7 Å². The molecule has 1 saturated carbocycles. The first-order valence-electron chi connectivity index (χ1n) is 10.1. The van der Waals surface area contributed by atoms with E-state index >= 15 is 0 Å². The van der Waals surface area contributed by atoms with Gasteiger partial charge in [-0.2, -0.15) is 5.26 Å². The molecule has 1 fully saturated rings. The molecule has 1 aromatic carbocycles. The number of esters is 1. The van der Waals surface area contributed by atoms with E-state index in [0.29, 0.717) is 17.0 Å². The molecule has 30 heavy (non-hydrogen) atoms. The number of hydrogen-bond donors (Lipinski definition) is 1. The quantitative estimate of drug-likeness (QED) is 0.624. The highest BCUT2D eigenvalue weighted by molar-refractivity contribution is 5.96. The van der Waals surface area contributed by atoms with Crippen molar-refractivity contribution in [1.29, 1.82) is 5.26 Å². The Morgan fingerprint density at radius 3 is 2.70 bits per heavy atom. The van der Waals surface area contributed by atoms with Gasteiger partial charge in [0.15, 0.2) is 6.61 Å². The van der Waals surface area contributed by atoms with Crippen LogP contribution in [0.1, 0.15) is 59.1 Å². The van der Waals surface area contributed by atoms with Gasteiger partial charge in [-0.1, -0.05) is 31.0 Å². The minimum atomic E-state index is -0.708. The van der Waals surface area contributed by atoms with Crippen LogP contribution >= 0.6 is 0 Å². The molecule has 1 aliphatic rings. The number of rotatable bonds is 5. The highest BCUT2D eigenvalue weighted by Gasteiger charge is 2.27. The maximum atomic E-state index is 12.5. The summed E-state index contributed by atoms with van der Waals surface area (Å²) in [6.07, 6.45) is 4.30. The molecule has 7 nitrogen and oxygen atoms in total. The van der Waals surface area contributed by atoms with Gasteiger partial charge in [-0.05, 0) is 44.4 Å². The summed E-state index contributed by atoms with van der Waals surface area (Å²) in [5.41, 5.74) is 2.87. The Morgan fingerprint density at radius 2 is 2.00 bits per heavy atom. The first-order chi connectivity index (χ1) is 14.5. The van der Waals surface area contributed by atoms with Crippen LogP contribution in [0.3, 0.4) is 0 Å². The summed E-state index contributed by atoms with van der Waals surface area (Å²) in [6, 6.07) is 11.3. The minimum Gasteiger partial charge on any atom is -0.450 e. The largest absolute Gasteiger partial charge is 0.450 e. The van der Waals surface area contributed by atoms with Gasteiger partial charge in [0.1, 0.15) is 17.5 Å². The Morgan fingerprint density at radius 1 is 1.27 bits per heavy atom. The lowest BCUT2D eigenvalue weighted by Gasteiger charge is -2.19. The van der Waals surface area contributed by atoms with Crippen LogP contribution in [-0.4, -0.2) is 23.1 Å². The van der Waals surface area contributed by atoms with Crippen LogP contribution in [0.25, 0.3) is 11.0 Å². The summed E-state index contributed by atoms with van der Waals surface area (Å²) in [5, 5.41) is 13.2. The molecule has 7 heteroatoms. The van der Waals surface area contributed by atoms with Crippen LogP contribution in [0.15, 0.2) is 34.7 Å². The normalized spacial score (nSPS) is 14.0. The molecular formula is C23H23N3O4. The number of nitrogens with zero attached hydrogens (tertiary/aromatic N) is 2. The molecule has 0 spiro atoms. The van der Waals surface area contributed by atoms with E-state index in [4.69, 9.17) is 9.15 Å². The number of para-hydroxylation sites is 1. The van der Waals surface area contributed by atoms with E-state index in [1.165, 1.54) is 0 Å². The fourth-order valence-electron chi connectivity index (χ4n) is 4.16. The number of nitriles is 1. The zero-order valence-electron chi connectivity index (χ0n) is 17.0. The van der Waals surface area contributed by atoms with Crippen molar-refractivity contribution in [2.75, 3.05) is 11.9 Å². The molecule has 3 aromatic rings. The Hall–Kier alpha value is -3.53. The van der Waals surface area contributed by atoms with Crippen molar-refractivity contribution < 1.29 is 18.7 Å². The smallest absolute Gasteiger partial charge is 0.374 e. The summed E-state index contributed by atoms with van der Waals surface area (Å²) < 4.78 is 12.7. The minimum absolute atomic E-state index is 0.0442. The van der Waals surface area contributed by atoms with Crippen LogP contribution in [0.4, 0.5) is 5.82 Å². The number of carbonyl (C=O) groups excluding carboxylic acids is 2. The monoisotopic (exact) mass is 405 g/mol. The van der Waals surface area contributed by atoms with Crippen LogP contribution < -0.4 is 5.32 Å². The molecule has 0 unspecified atom stereocenters. The van der Waals surface area contributed by atoms with Crippen molar-refractivity contribution in [3.63, 3.8) is 0 Å². The van der Waals surface area contributed by atoms with Gasteiger partial charge in [-0.3, -0.25) is 4.79 Å². The van der Waals surface area contributed by atoms with Crippen LogP contribution in [0, 0.1) is 25.2 Å². The van der Waals surface area contributed by atoms with E-state index in [9.17, 15) is 14.9 Å². The molecule has 0 saturated heterocycles. The summed E-state index contributed by atoms with van der Waals surface area (Å²) >= 11 is 0. The fourth-order valence-corrected chi connectivity index (χ4v) is 4.16. The summed E-state index contributed by atoms with van der Waals surface area (Å²) in [6.45, 7) is 3.39. The molecular weight excluding hydrogens is 382 g/mol. The number of hydrogen-bond acceptors (Lipinski definition) is 5. The van der Waals surface area contributed by atoms with E-state index in [-0.39, 0.29) is 11.8 Å². The molecule has 0 atom stereocenters. The van der Waals surface area contributed by atoms with Gasteiger partial charge in [0.25, 0.3) is 5.91 Å². The number of furan rings is 1. The van der Waals surface area contributed by atoms with Crippen LogP contribution in [-0.2, 0) is 9.53 Å². The van der Waals surface area contributed by atoms with E-state index in [1.807, 2.05) is 32.0 Å². The van der Waals surface area contributed by atoms with Crippen molar-refractivity contribution in [3.05, 3.63) is 52.9 Å². The molecule has 154 valence electrons. The maximum Gasteiger partial charge on any atom is 0.374 e. The van der Waals surface area contributed by atoms with Crippen molar-refractivity contribution in [1.82, 2.24) is 4.57 Å². The summed E-state index contributed by atoms with van der Waals surface area (Å²) in [7, 11) is 0. The van der Waals surface area contributed by atoms with Crippen molar-refractivity contribution in [2.45, 2.75) is 45.6 Å². The molecule has 0 aliphatic heterocycles. The zero-order chi connectivity index (χ0) is 21.3. The Bertz CT molecular complexity index is 1130. The van der Waals surface area contributed by atoms with E-state index in [1.54, 1.807) is 12.1 Å². The van der Waals surface area contributed by atoms with E-state index in [0.717, 1.165) is 42.3 Å². The number of nitrogens with one attached hydrogen (secondary N) is 1. The van der Waals surface area contributed by atoms with E-state index in [2.05, 4.69) is 16.0 Å². The van der Waals surface area contributed by atoms with Gasteiger partial charge in [0.05, 0.1) is 5.56 Å². The lowest BCUT2D eigenvalue weighted by atomic mass is 10.2. The first kappa shape index (κ1) is 19.8. The number of ether oxygens (including phenoxy) is 1. The highest BCUT2D eigenvalue weighted by atomic mass is 16.5. The van der Waals surface area contributed by atoms with Gasteiger partial charge in [0, 0.05) is 17.1 Å². The maximum absolute atomic E-state index is 12.5. The Balaban J connectivity index is 1.48. The molecule has 1 aliphatic carbocycles. The number of amides is 1. The predicted octanol–water partition coefficient (Wildman–Crippen LogP) is 4.63. The first-order valence-corrected chi connectivity index (χ1v) is 10.1. The lowest BCUT2D eigenvalue weighted by Crippen LogP contribution is -2.23. The number of anilines is 1. The number of aromatic nitrogens is 1. The average Bonchev–Trinajstić information content (AvgIpc) is 3.46. The predicted molar refractivity (Wildman–Crippen MR) is 111 cm³/mol. The molecule has 1 N–H and O–H groups in total. The third-order valence-corrected chi connectivity index (χ3v) is 5.78. The molecule has 0 bridgehead atoms. The second-order valence-electron chi connectivity index (χ2n) is 7.63. The van der Waals surface area contributed by atoms with Gasteiger partial charge < -0.3 is 19.0 Å². The second-order valence-corrected chi connectivity index (χ2v) is 7.63. The van der Waals surface area contributed by atoms with Crippen molar-refractivity contribution in [2.24, 2.45) is 0 Å². The number of benzene rings is 1. The van der Waals surface area contributed by atoms with Gasteiger partial charge >= 0.3 is 5.97 Å². The number of fused-ring (bicyclic) bond motifs is 1. The Kier molecular flexibility index (Phi) is 5.32. The fraction of sp³-hybridized carbons (Fsp3) is 0.348.